The normalized spacial score (nSPS) is 11.0. The molecule has 0 unspecified atom stereocenters. The van der Waals surface area contributed by atoms with Crippen molar-refractivity contribution in [2.24, 2.45) is 0 Å². The average molecular weight is 400 g/mol. The lowest BCUT2D eigenvalue weighted by atomic mass is 10.2. The third-order valence-electron chi connectivity index (χ3n) is 4.00. The Morgan fingerprint density at radius 1 is 1.22 bits per heavy atom. The number of furan rings is 1. The van der Waals surface area contributed by atoms with Crippen LogP contribution in [-0.4, -0.2) is 27.0 Å². The van der Waals surface area contributed by atoms with E-state index in [1.165, 1.54) is 16.4 Å². The van der Waals surface area contributed by atoms with Crippen molar-refractivity contribution in [3.63, 3.8) is 0 Å². The van der Waals surface area contributed by atoms with Crippen LogP contribution in [0.15, 0.2) is 51.5 Å². The molecule has 0 saturated heterocycles. The van der Waals surface area contributed by atoms with Crippen molar-refractivity contribution >= 4 is 23.1 Å². The second-order valence-corrected chi connectivity index (χ2v) is 7.53. The Balaban J connectivity index is 1.46. The number of ether oxygens (including phenoxy) is 1. The fraction of sp³-hybridized carbons (Fsp3) is 0.167. The summed E-state index contributed by atoms with van der Waals surface area (Å²) in [5.74, 6) is 8.98. The molecule has 1 aromatic carbocycles. The zero-order chi connectivity index (χ0) is 18.8. The van der Waals surface area contributed by atoms with E-state index in [2.05, 4.69) is 10.2 Å². The minimum absolute atomic E-state index is 0.584. The molecule has 7 nitrogen and oxygen atoms in total. The summed E-state index contributed by atoms with van der Waals surface area (Å²) in [5, 5.41) is 12.0. The largest absolute Gasteiger partial charge is 0.497 e. The van der Waals surface area contributed by atoms with Crippen molar-refractivity contribution in [1.82, 2.24) is 19.9 Å². The van der Waals surface area contributed by atoms with Crippen molar-refractivity contribution in [2.45, 2.75) is 17.8 Å². The van der Waals surface area contributed by atoms with E-state index in [0.29, 0.717) is 16.7 Å². The molecule has 3 aromatic heterocycles. The molecular formula is C18H17N5O2S2. The van der Waals surface area contributed by atoms with E-state index in [0.717, 1.165) is 33.3 Å². The molecule has 138 valence electrons. The van der Waals surface area contributed by atoms with E-state index in [1.807, 2.05) is 42.6 Å². The molecule has 0 atom stereocenters. The predicted molar refractivity (Wildman–Crippen MR) is 106 cm³/mol. The van der Waals surface area contributed by atoms with Gasteiger partial charge in [-0.05, 0) is 37.3 Å². The Labute approximate surface area is 164 Å². The first-order valence-electron chi connectivity index (χ1n) is 8.12. The zero-order valence-corrected chi connectivity index (χ0v) is 16.4. The van der Waals surface area contributed by atoms with Crippen LogP contribution < -0.4 is 10.6 Å². The molecule has 0 fully saturated rings. The number of aromatic nitrogens is 4. The van der Waals surface area contributed by atoms with E-state index in [4.69, 9.17) is 20.0 Å². The Bertz CT molecular complexity index is 1050. The second-order valence-electron chi connectivity index (χ2n) is 5.73. The van der Waals surface area contributed by atoms with Crippen LogP contribution in [0.2, 0.25) is 0 Å². The van der Waals surface area contributed by atoms with E-state index in [1.54, 1.807) is 24.7 Å². The number of thioether (sulfide) groups is 1. The van der Waals surface area contributed by atoms with E-state index in [-0.39, 0.29) is 0 Å². The van der Waals surface area contributed by atoms with Gasteiger partial charge in [0.15, 0.2) is 5.82 Å². The average Bonchev–Trinajstić information content (AvgIpc) is 3.41. The molecule has 0 spiro atoms. The minimum Gasteiger partial charge on any atom is -0.497 e. The number of nitrogens with two attached hydrogens (primary N) is 1. The summed E-state index contributed by atoms with van der Waals surface area (Å²) in [4.78, 5) is 4.70. The van der Waals surface area contributed by atoms with Gasteiger partial charge in [-0.1, -0.05) is 11.8 Å². The first-order valence-corrected chi connectivity index (χ1v) is 9.99. The van der Waals surface area contributed by atoms with Gasteiger partial charge in [0.05, 0.1) is 24.6 Å². The highest BCUT2D eigenvalue weighted by Crippen LogP contribution is 2.30. The third kappa shape index (κ3) is 3.56. The van der Waals surface area contributed by atoms with Gasteiger partial charge in [-0.3, -0.25) is 0 Å². The highest BCUT2D eigenvalue weighted by Gasteiger charge is 2.16. The summed E-state index contributed by atoms with van der Waals surface area (Å²) in [5.41, 5.74) is 2.88. The number of methoxy groups -OCH3 is 1. The number of aryl methyl sites for hydroxylation is 1. The van der Waals surface area contributed by atoms with Gasteiger partial charge in [-0.15, -0.1) is 21.5 Å². The van der Waals surface area contributed by atoms with Crippen molar-refractivity contribution in [2.75, 3.05) is 13.0 Å². The van der Waals surface area contributed by atoms with Crippen molar-refractivity contribution < 1.29 is 9.15 Å². The van der Waals surface area contributed by atoms with Gasteiger partial charge in [0.2, 0.25) is 5.16 Å². The molecule has 27 heavy (non-hydrogen) atoms. The van der Waals surface area contributed by atoms with Gasteiger partial charge in [-0.25, -0.2) is 9.66 Å². The lowest BCUT2D eigenvalue weighted by Crippen LogP contribution is -2.11. The minimum atomic E-state index is 0.584. The summed E-state index contributed by atoms with van der Waals surface area (Å²) in [6, 6.07) is 9.71. The van der Waals surface area contributed by atoms with Crippen molar-refractivity contribution in [3.05, 3.63) is 53.4 Å². The van der Waals surface area contributed by atoms with Gasteiger partial charge < -0.3 is 15.0 Å². The van der Waals surface area contributed by atoms with Gasteiger partial charge in [0.25, 0.3) is 0 Å². The number of hydrogen-bond donors (Lipinski definition) is 1. The van der Waals surface area contributed by atoms with E-state index >= 15 is 0 Å². The van der Waals surface area contributed by atoms with Crippen LogP contribution in [0.1, 0.15) is 11.5 Å². The number of hydrogen-bond acceptors (Lipinski definition) is 8. The molecule has 4 aromatic rings. The van der Waals surface area contributed by atoms with Gasteiger partial charge in [-0.2, -0.15) is 0 Å². The van der Waals surface area contributed by atoms with Crippen LogP contribution in [0.4, 0.5) is 0 Å². The molecule has 0 radical (unpaired) electrons. The Hall–Kier alpha value is -2.78. The van der Waals surface area contributed by atoms with Crippen LogP contribution in [0.3, 0.4) is 0 Å². The molecule has 2 N–H and O–H groups in total. The van der Waals surface area contributed by atoms with Gasteiger partial charge in [0.1, 0.15) is 16.5 Å². The Morgan fingerprint density at radius 3 is 2.74 bits per heavy atom. The van der Waals surface area contributed by atoms with Crippen molar-refractivity contribution in [3.8, 4) is 27.7 Å². The highest BCUT2D eigenvalue weighted by molar-refractivity contribution is 7.98. The van der Waals surface area contributed by atoms with Crippen LogP contribution in [0.5, 0.6) is 5.75 Å². The molecule has 0 aliphatic carbocycles. The molecule has 0 aliphatic rings. The maximum Gasteiger partial charge on any atom is 0.210 e. The highest BCUT2D eigenvalue weighted by atomic mass is 32.2. The number of thiazole rings is 1. The summed E-state index contributed by atoms with van der Waals surface area (Å²) < 4.78 is 12.0. The third-order valence-corrected chi connectivity index (χ3v) is 5.92. The SMILES string of the molecule is COc1ccc(-c2nc(CSc3nnc(-c4ccoc4C)n3N)cs2)cc1. The molecule has 3 heterocycles. The standard InChI is InChI=1S/C18H17N5O2S2/c1-11-15(7-8-25-11)16-21-22-18(23(16)19)27-10-13-9-26-17(20-13)12-3-5-14(24-2)6-4-12/h3-9H,10,19H2,1-2H3. The Kier molecular flexibility index (Phi) is 4.87. The summed E-state index contributed by atoms with van der Waals surface area (Å²) in [7, 11) is 1.66. The molecule has 0 saturated carbocycles. The van der Waals surface area contributed by atoms with Crippen LogP contribution in [0, 0.1) is 6.92 Å². The second kappa shape index (κ2) is 7.45. The fourth-order valence-electron chi connectivity index (χ4n) is 2.55. The van der Waals surface area contributed by atoms with Crippen LogP contribution in [-0.2, 0) is 5.75 Å². The fourth-order valence-corrected chi connectivity index (χ4v) is 4.23. The number of benzene rings is 1. The summed E-state index contributed by atoms with van der Waals surface area (Å²) >= 11 is 3.11. The monoisotopic (exact) mass is 399 g/mol. The molecule has 4 rings (SSSR count). The van der Waals surface area contributed by atoms with Crippen LogP contribution >= 0.6 is 23.1 Å². The molecular weight excluding hydrogens is 382 g/mol. The first-order chi connectivity index (χ1) is 13.2. The smallest absolute Gasteiger partial charge is 0.210 e. The first kappa shape index (κ1) is 17.6. The zero-order valence-electron chi connectivity index (χ0n) is 14.7. The molecule has 0 bridgehead atoms. The number of nitrogen functional groups attached to an aromatic ring is 1. The summed E-state index contributed by atoms with van der Waals surface area (Å²) in [6.45, 7) is 1.87. The van der Waals surface area contributed by atoms with Crippen molar-refractivity contribution in [1.29, 1.82) is 0 Å². The topological polar surface area (TPSA) is 92.0 Å². The quantitative estimate of drug-likeness (QED) is 0.387. The lowest BCUT2D eigenvalue weighted by molar-refractivity contribution is 0.415. The maximum atomic E-state index is 6.15. The molecule has 0 aliphatic heterocycles. The summed E-state index contributed by atoms with van der Waals surface area (Å²) in [6.07, 6.45) is 1.61. The van der Waals surface area contributed by atoms with Crippen LogP contribution in [0.25, 0.3) is 22.0 Å². The number of rotatable bonds is 6. The lowest BCUT2D eigenvalue weighted by Gasteiger charge is -2.02. The molecule has 9 heteroatoms. The predicted octanol–water partition coefficient (Wildman–Crippen LogP) is 3.98. The number of nitrogens with zero attached hydrogens (tertiary/aromatic N) is 4. The Morgan fingerprint density at radius 2 is 2.04 bits per heavy atom. The van der Waals surface area contributed by atoms with E-state index < -0.39 is 0 Å². The molecule has 0 amide bonds. The maximum absolute atomic E-state index is 6.15. The van der Waals surface area contributed by atoms with Gasteiger partial charge >= 0.3 is 0 Å². The van der Waals surface area contributed by atoms with E-state index in [9.17, 15) is 0 Å². The van der Waals surface area contributed by atoms with Gasteiger partial charge in [0, 0.05) is 16.7 Å².